The van der Waals surface area contributed by atoms with E-state index in [9.17, 15) is 15.3 Å². The zero-order valence-corrected chi connectivity index (χ0v) is 9.84. The first-order valence-electron chi connectivity index (χ1n) is 5.42. The van der Waals surface area contributed by atoms with Gasteiger partial charge in [0.2, 0.25) is 0 Å². The number of aliphatic hydroxyl groups excluding tert-OH is 3. The van der Waals surface area contributed by atoms with Crippen molar-refractivity contribution in [3.8, 4) is 0 Å². The summed E-state index contributed by atoms with van der Waals surface area (Å²) in [4.78, 5) is 0. The molecule has 15 heavy (non-hydrogen) atoms. The van der Waals surface area contributed by atoms with E-state index in [1.165, 1.54) is 0 Å². The van der Waals surface area contributed by atoms with Crippen molar-refractivity contribution in [2.45, 2.75) is 64.6 Å². The minimum Gasteiger partial charge on any atom is -0.388 e. The third kappa shape index (κ3) is 3.14. The Morgan fingerprint density at radius 3 is 2.00 bits per heavy atom. The monoisotopic (exact) mass is 218 g/mol. The van der Waals surface area contributed by atoms with Gasteiger partial charge < -0.3 is 20.1 Å². The smallest absolute Gasteiger partial charge is 0.111 e. The van der Waals surface area contributed by atoms with Crippen molar-refractivity contribution in [2.24, 2.45) is 5.41 Å². The van der Waals surface area contributed by atoms with Crippen LogP contribution in [0.4, 0.5) is 0 Å². The molecule has 1 rings (SSSR count). The van der Waals surface area contributed by atoms with E-state index >= 15 is 0 Å². The summed E-state index contributed by atoms with van der Waals surface area (Å²) >= 11 is 0. The van der Waals surface area contributed by atoms with Gasteiger partial charge in [-0.3, -0.25) is 0 Å². The Bertz CT molecular complexity index is 211. The van der Waals surface area contributed by atoms with Crippen molar-refractivity contribution in [3.05, 3.63) is 0 Å². The average molecular weight is 218 g/mol. The molecule has 0 bridgehead atoms. The van der Waals surface area contributed by atoms with Gasteiger partial charge in [-0.25, -0.2) is 0 Å². The molecule has 0 aliphatic carbocycles. The SMILES string of the molecule is C[C@H]1O[C@H](CC(C)(C)C)[C@@H](O)[C@@H](O)[C@@H]1O. The molecule has 4 heteroatoms. The summed E-state index contributed by atoms with van der Waals surface area (Å²) in [6.07, 6.45) is -3.30. The first-order valence-corrected chi connectivity index (χ1v) is 5.42. The largest absolute Gasteiger partial charge is 0.388 e. The van der Waals surface area contributed by atoms with Crippen LogP contribution in [0.25, 0.3) is 0 Å². The average Bonchev–Trinajstić information content (AvgIpc) is 2.08. The summed E-state index contributed by atoms with van der Waals surface area (Å²) in [6.45, 7) is 7.84. The van der Waals surface area contributed by atoms with Crippen LogP contribution in [0, 0.1) is 5.41 Å². The van der Waals surface area contributed by atoms with Gasteiger partial charge in [0.05, 0.1) is 12.2 Å². The summed E-state index contributed by atoms with van der Waals surface area (Å²) in [7, 11) is 0. The van der Waals surface area contributed by atoms with Crippen molar-refractivity contribution in [3.63, 3.8) is 0 Å². The van der Waals surface area contributed by atoms with Gasteiger partial charge in [0.25, 0.3) is 0 Å². The number of hydrogen-bond acceptors (Lipinski definition) is 4. The third-order valence-corrected chi connectivity index (χ3v) is 2.76. The van der Waals surface area contributed by atoms with Crippen molar-refractivity contribution < 1.29 is 20.1 Å². The van der Waals surface area contributed by atoms with Crippen LogP contribution < -0.4 is 0 Å². The van der Waals surface area contributed by atoms with Crippen LogP contribution >= 0.6 is 0 Å². The minimum atomic E-state index is -1.11. The van der Waals surface area contributed by atoms with Crippen LogP contribution in [0.15, 0.2) is 0 Å². The molecule has 0 radical (unpaired) electrons. The maximum absolute atomic E-state index is 9.75. The van der Waals surface area contributed by atoms with E-state index < -0.39 is 30.5 Å². The summed E-state index contributed by atoms with van der Waals surface area (Å²) in [5.74, 6) is 0. The molecule has 1 aliphatic heterocycles. The molecule has 0 aromatic rings. The zero-order chi connectivity index (χ0) is 11.8. The highest BCUT2D eigenvalue weighted by atomic mass is 16.5. The molecule has 0 saturated carbocycles. The van der Waals surface area contributed by atoms with E-state index in [0.29, 0.717) is 6.42 Å². The first kappa shape index (κ1) is 12.9. The number of hydrogen-bond donors (Lipinski definition) is 3. The maximum Gasteiger partial charge on any atom is 0.111 e. The van der Waals surface area contributed by atoms with Gasteiger partial charge in [0.1, 0.15) is 18.3 Å². The minimum absolute atomic E-state index is 0.0212. The van der Waals surface area contributed by atoms with Gasteiger partial charge in [0, 0.05) is 0 Å². The second kappa shape index (κ2) is 4.37. The van der Waals surface area contributed by atoms with Crippen LogP contribution in [0.2, 0.25) is 0 Å². The summed E-state index contributed by atoms with van der Waals surface area (Å²) in [5, 5.41) is 28.9. The molecule has 5 atom stereocenters. The van der Waals surface area contributed by atoms with Gasteiger partial charge in [0.15, 0.2) is 0 Å². The molecular formula is C11H22O4. The van der Waals surface area contributed by atoms with Gasteiger partial charge in [-0.1, -0.05) is 20.8 Å². The molecule has 0 spiro atoms. The van der Waals surface area contributed by atoms with Gasteiger partial charge in [-0.05, 0) is 18.8 Å². The number of rotatable bonds is 1. The highest BCUT2D eigenvalue weighted by molar-refractivity contribution is 4.91. The van der Waals surface area contributed by atoms with E-state index in [-0.39, 0.29) is 5.41 Å². The van der Waals surface area contributed by atoms with Crippen LogP contribution in [0.1, 0.15) is 34.1 Å². The highest BCUT2D eigenvalue weighted by Crippen LogP contribution is 2.30. The standard InChI is InChI=1S/C11H22O4/c1-6-8(12)10(14)9(13)7(15-6)5-11(2,3)4/h6-10,12-14H,5H2,1-4H3/t6-,7-,8-,9-,10+/m1/s1. The molecular weight excluding hydrogens is 196 g/mol. The van der Waals surface area contributed by atoms with Gasteiger partial charge >= 0.3 is 0 Å². The summed E-state index contributed by atoms with van der Waals surface area (Å²) < 4.78 is 5.50. The molecule has 3 N–H and O–H groups in total. The number of aliphatic hydroxyl groups is 3. The predicted molar refractivity (Wildman–Crippen MR) is 56.4 cm³/mol. The molecule has 1 heterocycles. The van der Waals surface area contributed by atoms with E-state index in [0.717, 1.165) is 0 Å². The normalized spacial score (nSPS) is 43.0. The van der Waals surface area contributed by atoms with Crippen molar-refractivity contribution in [2.75, 3.05) is 0 Å². The van der Waals surface area contributed by atoms with Crippen LogP contribution in [0.3, 0.4) is 0 Å². The molecule has 1 aliphatic rings. The first-order chi connectivity index (χ1) is 6.72. The Morgan fingerprint density at radius 2 is 1.53 bits per heavy atom. The maximum atomic E-state index is 9.75. The summed E-state index contributed by atoms with van der Waals surface area (Å²) in [6, 6.07) is 0. The Balaban J connectivity index is 2.67. The van der Waals surface area contributed by atoms with E-state index in [4.69, 9.17) is 4.74 Å². The quantitative estimate of drug-likeness (QED) is 0.592. The molecule has 0 aromatic carbocycles. The third-order valence-electron chi connectivity index (χ3n) is 2.76. The zero-order valence-electron chi connectivity index (χ0n) is 9.84. The molecule has 0 unspecified atom stereocenters. The lowest BCUT2D eigenvalue weighted by Crippen LogP contribution is -2.57. The van der Waals surface area contributed by atoms with Crippen molar-refractivity contribution in [1.29, 1.82) is 0 Å². The predicted octanol–water partition coefficient (Wildman–Crippen LogP) is 0.293. The van der Waals surface area contributed by atoms with Crippen LogP contribution in [-0.4, -0.2) is 45.8 Å². The Labute approximate surface area is 90.9 Å². The fraction of sp³-hybridized carbons (Fsp3) is 1.00. The molecule has 1 fully saturated rings. The molecule has 4 nitrogen and oxygen atoms in total. The second-order valence-corrected chi connectivity index (χ2v) is 5.62. The fourth-order valence-electron chi connectivity index (χ4n) is 1.91. The Hall–Kier alpha value is -0.160. The van der Waals surface area contributed by atoms with Gasteiger partial charge in [-0.15, -0.1) is 0 Å². The van der Waals surface area contributed by atoms with E-state index in [1.807, 2.05) is 20.8 Å². The van der Waals surface area contributed by atoms with Crippen LogP contribution in [0.5, 0.6) is 0 Å². The lowest BCUT2D eigenvalue weighted by Gasteiger charge is -2.41. The molecule has 0 amide bonds. The second-order valence-electron chi connectivity index (χ2n) is 5.62. The fourth-order valence-corrected chi connectivity index (χ4v) is 1.91. The Kier molecular flexibility index (Phi) is 3.76. The van der Waals surface area contributed by atoms with E-state index in [2.05, 4.69) is 0 Å². The molecule has 0 aromatic heterocycles. The molecule has 1 saturated heterocycles. The van der Waals surface area contributed by atoms with Crippen molar-refractivity contribution in [1.82, 2.24) is 0 Å². The van der Waals surface area contributed by atoms with E-state index in [1.54, 1.807) is 6.92 Å². The lowest BCUT2D eigenvalue weighted by atomic mass is 9.84. The lowest BCUT2D eigenvalue weighted by molar-refractivity contribution is -0.222. The van der Waals surface area contributed by atoms with Crippen molar-refractivity contribution >= 4 is 0 Å². The highest BCUT2D eigenvalue weighted by Gasteiger charge is 2.42. The van der Waals surface area contributed by atoms with Crippen LogP contribution in [-0.2, 0) is 4.74 Å². The Morgan fingerprint density at radius 1 is 1.00 bits per heavy atom. The number of ether oxygens (including phenoxy) is 1. The topological polar surface area (TPSA) is 69.9 Å². The van der Waals surface area contributed by atoms with Gasteiger partial charge in [-0.2, -0.15) is 0 Å². The summed E-state index contributed by atoms with van der Waals surface area (Å²) in [5.41, 5.74) is 0.0212. The molecule has 90 valence electrons.